The second-order valence-electron chi connectivity index (χ2n) is 7.72. The third-order valence-electron chi connectivity index (χ3n) is 5.32. The monoisotopic (exact) mass is 431 g/mol. The van der Waals surface area contributed by atoms with Gasteiger partial charge in [-0.05, 0) is 48.2 Å². The first-order chi connectivity index (χ1) is 14.3. The molecule has 160 valence electrons. The maximum atomic E-state index is 12.6. The number of amides is 1. The lowest BCUT2D eigenvalue weighted by molar-refractivity contribution is -0.384. The molecule has 0 bridgehead atoms. The van der Waals surface area contributed by atoms with Gasteiger partial charge in [-0.25, -0.2) is 0 Å². The van der Waals surface area contributed by atoms with Gasteiger partial charge in [0.05, 0.1) is 4.92 Å². The van der Waals surface area contributed by atoms with Crippen molar-refractivity contribution in [1.29, 1.82) is 0 Å². The summed E-state index contributed by atoms with van der Waals surface area (Å²) in [6.07, 6.45) is 0. The molecule has 8 heteroatoms. The summed E-state index contributed by atoms with van der Waals surface area (Å²) in [5, 5.41) is 11.5. The van der Waals surface area contributed by atoms with Crippen molar-refractivity contribution in [2.24, 2.45) is 0 Å². The molecule has 0 saturated carbocycles. The van der Waals surface area contributed by atoms with Crippen molar-refractivity contribution in [3.8, 4) is 5.75 Å². The standard InChI is InChI=1S/C22H26ClN3O4/c1-15(2)19-13-20(23)16(3)12-21(19)30-14-22(27)25-10-8-24(9-11-25)17-4-6-18(7-5-17)26(28)29/h4-7,12-13,15H,8-11,14H2,1-3H3. The van der Waals surface area contributed by atoms with E-state index in [9.17, 15) is 14.9 Å². The molecule has 0 radical (unpaired) electrons. The fourth-order valence-electron chi connectivity index (χ4n) is 3.48. The Morgan fingerprint density at radius 2 is 1.80 bits per heavy atom. The predicted octanol–water partition coefficient (Wildman–Crippen LogP) is 4.41. The fourth-order valence-corrected chi connectivity index (χ4v) is 3.65. The number of hydrogen-bond donors (Lipinski definition) is 0. The van der Waals surface area contributed by atoms with Crippen LogP contribution in [0.4, 0.5) is 11.4 Å². The molecule has 2 aromatic rings. The molecule has 0 unspecified atom stereocenters. The first-order valence-electron chi connectivity index (χ1n) is 9.96. The third kappa shape index (κ3) is 5.02. The summed E-state index contributed by atoms with van der Waals surface area (Å²) in [5.74, 6) is 0.879. The summed E-state index contributed by atoms with van der Waals surface area (Å²) in [6, 6.07) is 10.3. The van der Waals surface area contributed by atoms with Gasteiger partial charge in [0.2, 0.25) is 0 Å². The van der Waals surface area contributed by atoms with Crippen molar-refractivity contribution < 1.29 is 14.5 Å². The van der Waals surface area contributed by atoms with Crippen molar-refractivity contribution in [3.63, 3.8) is 0 Å². The largest absolute Gasteiger partial charge is 0.483 e. The van der Waals surface area contributed by atoms with E-state index in [1.807, 2.05) is 19.1 Å². The molecule has 0 aliphatic carbocycles. The Bertz CT molecular complexity index is 923. The Morgan fingerprint density at radius 3 is 2.37 bits per heavy atom. The van der Waals surface area contributed by atoms with Gasteiger partial charge in [0, 0.05) is 49.0 Å². The zero-order valence-electron chi connectivity index (χ0n) is 17.4. The van der Waals surface area contributed by atoms with Crippen LogP contribution in [0.3, 0.4) is 0 Å². The molecule has 1 aliphatic rings. The smallest absolute Gasteiger partial charge is 0.269 e. The van der Waals surface area contributed by atoms with E-state index in [1.54, 1.807) is 17.0 Å². The molecule has 1 aliphatic heterocycles. The van der Waals surface area contributed by atoms with E-state index in [0.717, 1.165) is 16.8 Å². The number of benzene rings is 2. The Labute approximate surface area is 181 Å². The van der Waals surface area contributed by atoms with E-state index >= 15 is 0 Å². The number of nitro groups is 1. The number of ether oxygens (including phenoxy) is 1. The van der Waals surface area contributed by atoms with Crippen LogP contribution >= 0.6 is 11.6 Å². The molecule has 1 fully saturated rings. The summed E-state index contributed by atoms with van der Waals surface area (Å²) in [7, 11) is 0. The topological polar surface area (TPSA) is 75.9 Å². The van der Waals surface area contributed by atoms with Crippen LogP contribution in [0, 0.1) is 17.0 Å². The minimum absolute atomic E-state index is 0.0156. The molecule has 3 rings (SSSR count). The second-order valence-corrected chi connectivity index (χ2v) is 8.13. The number of nitrogens with zero attached hydrogens (tertiary/aromatic N) is 3. The van der Waals surface area contributed by atoms with Gasteiger partial charge in [-0.3, -0.25) is 14.9 Å². The Kier molecular flexibility index (Phi) is 6.82. The summed E-state index contributed by atoms with van der Waals surface area (Å²) in [5.41, 5.74) is 2.90. The Morgan fingerprint density at radius 1 is 1.17 bits per heavy atom. The third-order valence-corrected chi connectivity index (χ3v) is 5.73. The van der Waals surface area contributed by atoms with Gasteiger partial charge in [0.15, 0.2) is 6.61 Å². The van der Waals surface area contributed by atoms with Gasteiger partial charge in [0.1, 0.15) is 5.75 Å². The maximum Gasteiger partial charge on any atom is 0.269 e. The SMILES string of the molecule is Cc1cc(OCC(=O)N2CCN(c3ccc([N+](=O)[O-])cc3)CC2)c(C(C)C)cc1Cl. The minimum Gasteiger partial charge on any atom is -0.483 e. The van der Waals surface area contributed by atoms with E-state index < -0.39 is 4.92 Å². The number of anilines is 1. The highest BCUT2D eigenvalue weighted by Crippen LogP contribution is 2.32. The minimum atomic E-state index is -0.409. The average Bonchev–Trinajstić information content (AvgIpc) is 2.74. The molecule has 0 atom stereocenters. The highest BCUT2D eigenvalue weighted by Gasteiger charge is 2.22. The number of halogens is 1. The van der Waals surface area contributed by atoms with Crippen LogP contribution in [-0.2, 0) is 4.79 Å². The predicted molar refractivity (Wildman–Crippen MR) is 118 cm³/mol. The van der Waals surface area contributed by atoms with Crippen LogP contribution in [0.25, 0.3) is 0 Å². The second kappa shape index (κ2) is 9.34. The highest BCUT2D eigenvalue weighted by molar-refractivity contribution is 6.31. The van der Waals surface area contributed by atoms with Gasteiger partial charge in [-0.15, -0.1) is 0 Å². The van der Waals surface area contributed by atoms with Crippen molar-refractivity contribution in [2.75, 3.05) is 37.7 Å². The molecule has 1 amide bonds. The van der Waals surface area contributed by atoms with Crippen molar-refractivity contribution in [2.45, 2.75) is 26.7 Å². The lowest BCUT2D eigenvalue weighted by Crippen LogP contribution is -2.50. The van der Waals surface area contributed by atoms with Crippen LogP contribution < -0.4 is 9.64 Å². The van der Waals surface area contributed by atoms with Crippen LogP contribution in [0.5, 0.6) is 5.75 Å². The molecule has 0 aromatic heterocycles. The van der Waals surface area contributed by atoms with Gasteiger partial charge in [-0.1, -0.05) is 25.4 Å². The summed E-state index contributed by atoms with van der Waals surface area (Å²) in [4.78, 5) is 26.9. The number of carbonyl (C=O) groups is 1. The summed E-state index contributed by atoms with van der Waals surface area (Å²) >= 11 is 6.23. The molecule has 0 spiro atoms. The summed E-state index contributed by atoms with van der Waals surface area (Å²) < 4.78 is 5.87. The zero-order chi connectivity index (χ0) is 21.8. The number of rotatable bonds is 6. The van der Waals surface area contributed by atoms with Crippen molar-refractivity contribution >= 4 is 28.9 Å². The van der Waals surface area contributed by atoms with E-state index in [1.165, 1.54) is 12.1 Å². The van der Waals surface area contributed by atoms with Gasteiger partial charge < -0.3 is 14.5 Å². The first-order valence-corrected chi connectivity index (χ1v) is 10.3. The van der Waals surface area contributed by atoms with E-state index in [4.69, 9.17) is 16.3 Å². The van der Waals surface area contributed by atoms with Crippen LogP contribution in [0.15, 0.2) is 36.4 Å². The molecule has 1 heterocycles. The molecule has 1 saturated heterocycles. The molecule has 7 nitrogen and oxygen atoms in total. The number of piperazine rings is 1. The van der Waals surface area contributed by atoms with E-state index in [-0.39, 0.29) is 24.1 Å². The zero-order valence-corrected chi connectivity index (χ0v) is 18.2. The number of non-ortho nitro benzene ring substituents is 1. The van der Waals surface area contributed by atoms with Gasteiger partial charge in [0.25, 0.3) is 11.6 Å². The normalized spacial score (nSPS) is 14.2. The van der Waals surface area contributed by atoms with E-state index in [0.29, 0.717) is 37.0 Å². The Hall–Kier alpha value is -2.80. The fraction of sp³-hybridized carbons (Fsp3) is 0.409. The molecular formula is C22H26ClN3O4. The number of hydrogen-bond acceptors (Lipinski definition) is 5. The molecule has 30 heavy (non-hydrogen) atoms. The van der Waals surface area contributed by atoms with Crippen molar-refractivity contribution in [3.05, 3.63) is 62.7 Å². The number of carbonyl (C=O) groups excluding carboxylic acids is 1. The maximum absolute atomic E-state index is 12.6. The Balaban J connectivity index is 1.56. The van der Waals surface area contributed by atoms with Crippen LogP contribution in [-0.4, -0.2) is 48.5 Å². The highest BCUT2D eigenvalue weighted by atomic mass is 35.5. The quantitative estimate of drug-likeness (QED) is 0.500. The number of aryl methyl sites for hydroxylation is 1. The molecule has 2 aromatic carbocycles. The number of nitro benzene ring substituents is 1. The lowest BCUT2D eigenvalue weighted by atomic mass is 10.0. The first kappa shape index (κ1) is 21.9. The van der Waals surface area contributed by atoms with Crippen LogP contribution in [0.1, 0.15) is 30.9 Å². The molecule has 0 N–H and O–H groups in total. The van der Waals surface area contributed by atoms with Crippen LogP contribution in [0.2, 0.25) is 5.02 Å². The summed E-state index contributed by atoms with van der Waals surface area (Å²) in [6.45, 7) is 8.52. The lowest BCUT2D eigenvalue weighted by Gasteiger charge is -2.36. The van der Waals surface area contributed by atoms with E-state index in [2.05, 4.69) is 18.7 Å². The van der Waals surface area contributed by atoms with Gasteiger partial charge in [-0.2, -0.15) is 0 Å². The van der Waals surface area contributed by atoms with Crippen molar-refractivity contribution in [1.82, 2.24) is 4.90 Å². The van der Waals surface area contributed by atoms with Gasteiger partial charge >= 0.3 is 0 Å². The average molecular weight is 432 g/mol. The molecular weight excluding hydrogens is 406 g/mol.